The molecule has 2 N–H and O–H groups in total. The van der Waals surface area contributed by atoms with Crippen LogP contribution in [0.4, 0.5) is 0 Å². The number of rotatable bonds is 2. The second-order valence-electron chi connectivity index (χ2n) is 5.52. The lowest BCUT2D eigenvalue weighted by Crippen LogP contribution is -2.48. The van der Waals surface area contributed by atoms with Gasteiger partial charge in [0.15, 0.2) is 0 Å². The molecule has 2 aliphatic heterocycles. The predicted octanol–water partition coefficient (Wildman–Crippen LogP) is 0.748. The number of amides is 1. The van der Waals surface area contributed by atoms with Crippen molar-refractivity contribution < 1.29 is 9.90 Å². The van der Waals surface area contributed by atoms with Crippen LogP contribution in [0, 0.1) is 5.92 Å². The summed E-state index contributed by atoms with van der Waals surface area (Å²) >= 11 is 0. The molecule has 0 aromatic carbocycles. The van der Waals surface area contributed by atoms with Gasteiger partial charge in [-0.2, -0.15) is 0 Å². The number of likely N-dealkylation sites (tertiary alicyclic amines) is 1. The van der Waals surface area contributed by atoms with Gasteiger partial charge in [0, 0.05) is 25.6 Å². The summed E-state index contributed by atoms with van der Waals surface area (Å²) in [6, 6.07) is 0.354. The van der Waals surface area contributed by atoms with Crippen molar-refractivity contribution in [2.24, 2.45) is 5.92 Å². The molecule has 0 aromatic rings. The first kappa shape index (κ1) is 12.8. The molecule has 17 heavy (non-hydrogen) atoms. The molecule has 98 valence electrons. The Labute approximate surface area is 103 Å². The summed E-state index contributed by atoms with van der Waals surface area (Å²) in [7, 11) is 0. The Balaban J connectivity index is 1.79. The van der Waals surface area contributed by atoms with E-state index < -0.39 is 0 Å². The van der Waals surface area contributed by atoms with Crippen LogP contribution < -0.4 is 5.32 Å². The quantitative estimate of drug-likeness (QED) is 0.749. The lowest BCUT2D eigenvalue weighted by atomic mass is 9.95. The normalized spacial score (nSPS) is 34.7. The van der Waals surface area contributed by atoms with Crippen molar-refractivity contribution in [1.82, 2.24) is 10.2 Å². The smallest absolute Gasteiger partial charge is 0.224 e. The summed E-state index contributed by atoms with van der Waals surface area (Å²) in [4.78, 5) is 13.9. The zero-order chi connectivity index (χ0) is 12.3. The van der Waals surface area contributed by atoms with Gasteiger partial charge in [-0.1, -0.05) is 13.3 Å². The summed E-state index contributed by atoms with van der Waals surface area (Å²) in [5.41, 5.74) is 0. The van der Waals surface area contributed by atoms with E-state index in [-0.39, 0.29) is 12.0 Å². The maximum Gasteiger partial charge on any atom is 0.224 e. The zero-order valence-corrected chi connectivity index (χ0v) is 10.7. The maximum absolute atomic E-state index is 12.1. The molecule has 0 aromatic heterocycles. The molecule has 4 heteroatoms. The van der Waals surface area contributed by atoms with Crippen molar-refractivity contribution in [2.75, 3.05) is 19.6 Å². The van der Waals surface area contributed by atoms with E-state index in [0.717, 1.165) is 25.9 Å². The summed E-state index contributed by atoms with van der Waals surface area (Å²) in [5, 5.41) is 13.2. The van der Waals surface area contributed by atoms with Crippen molar-refractivity contribution in [2.45, 2.75) is 51.2 Å². The molecule has 3 unspecified atom stereocenters. The van der Waals surface area contributed by atoms with Crippen molar-refractivity contribution >= 4 is 5.91 Å². The van der Waals surface area contributed by atoms with Crippen LogP contribution in [-0.4, -0.2) is 47.7 Å². The molecule has 3 atom stereocenters. The second kappa shape index (κ2) is 5.83. The van der Waals surface area contributed by atoms with Crippen LogP contribution in [0.5, 0.6) is 0 Å². The van der Waals surface area contributed by atoms with E-state index in [1.165, 1.54) is 12.8 Å². The molecule has 2 aliphatic rings. The van der Waals surface area contributed by atoms with Crippen LogP contribution in [0.15, 0.2) is 0 Å². The topological polar surface area (TPSA) is 52.6 Å². The standard InChI is InChI=1S/C13H24N2O2/c1-10-5-7-15(9-12(10)16)13(17)8-11-4-2-3-6-14-11/h10-12,14,16H,2-9H2,1H3. The fourth-order valence-electron chi connectivity index (χ4n) is 2.71. The van der Waals surface area contributed by atoms with E-state index in [2.05, 4.69) is 12.2 Å². The molecule has 2 heterocycles. The summed E-state index contributed by atoms with van der Waals surface area (Å²) in [5.74, 6) is 0.530. The minimum Gasteiger partial charge on any atom is -0.391 e. The molecule has 0 aliphatic carbocycles. The number of carbonyl (C=O) groups is 1. The van der Waals surface area contributed by atoms with E-state index >= 15 is 0 Å². The largest absolute Gasteiger partial charge is 0.391 e. The van der Waals surface area contributed by atoms with Gasteiger partial charge in [0.1, 0.15) is 0 Å². The number of aliphatic hydroxyl groups is 1. The van der Waals surface area contributed by atoms with Gasteiger partial charge in [0.25, 0.3) is 0 Å². The minimum absolute atomic E-state index is 0.204. The third kappa shape index (κ3) is 3.42. The van der Waals surface area contributed by atoms with Gasteiger partial charge in [-0.3, -0.25) is 4.79 Å². The van der Waals surface area contributed by atoms with E-state index in [4.69, 9.17) is 0 Å². The van der Waals surface area contributed by atoms with Gasteiger partial charge < -0.3 is 15.3 Å². The van der Waals surface area contributed by atoms with Crippen LogP contribution >= 0.6 is 0 Å². The van der Waals surface area contributed by atoms with E-state index in [9.17, 15) is 9.90 Å². The van der Waals surface area contributed by atoms with Crippen molar-refractivity contribution in [3.63, 3.8) is 0 Å². The minimum atomic E-state index is -0.341. The van der Waals surface area contributed by atoms with E-state index in [1.807, 2.05) is 4.90 Å². The Hall–Kier alpha value is -0.610. The number of carbonyl (C=O) groups excluding carboxylic acids is 1. The number of piperidine rings is 2. The van der Waals surface area contributed by atoms with Crippen molar-refractivity contribution in [3.8, 4) is 0 Å². The fraction of sp³-hybridized carbons (Fsp3) is 0.923. The third-order valence-corrected chi connectivity index (χ3v) is 4.10. The fourth-order valence-corrected chi connectivity index (χ4v) is 2.71. The molecular formula is C13H24N2O2. The van der Waals surface area contributed by atoms with Gasteiger partial charge in [-0.05, 0) is 31.7 Å². The first-order valence-electron chi connectivity index (χ1n) is 6.86. The highest BCUT2D eigenvalue weighted by atomic mass is 16.3. The highest BCUT2D eigenvalue weighted by Gasteiger charge is 2.28. The molecule has 0 saturated carbocycles. The van der Waals surface area contributed by atoms with Crippen LogP contribution in [0.3, 0.4) is 0 Å². The Morgan fingerprint density at radius 1 is 1.41 bits per heavy atom. The second-order valence-corrected chi connectivity index (χ2v) is 5.52. The van der Waals surface area contributed by atoms with Gasteiger partial charge in [-0.15, -0.1) is 0 Å². The number of β-amino-alcohol motifs (C(OH)–C–C–N with tert-alkyl or cyclic N) is 1. The lowest BCUT2D eigenvalue weighted by Gasteiger charge is -2.35. The van der Waals surface area contributed by atoms with Crippen LogP contribution in [0.2, 0.25) is 0 Å². The summed E-state index contributed by atoms with van der Waals surface area (Å²) in [6.07, 6.45) is 4.74. The average Bonchev–Trinajstić information content (AvgIpc) is 2.34. The Morgan fingerprint density at radius 2 is 2.24 bits per heavy atom. The number of nitrogens with zero attached hydrogens (tertiary/aromatic N) is 1. The molecular weight excluding hydrogens is 216 g/mol. The van der Waals surface area contributed by atoms with Gasteiger partial charge in [0.2, 0.25) is 5.91 Å². The Bertz CT molecular complexity index is 264. The predicted molar refractivity (Wildman–Crippen MR) is 66.6 cm³/mol. The molecule has 0 radical (unpaired) electrons. The number of nitrogens with one attached hydrogen (secondary N) is 1. The number of hydrogen-bond acceptors (Lipinski definition) is 3. The average molecular weight is 240 g/mol. The monoisotopic (exact) mass is 240 g/mol. The van der Waals surface area contributed by atoms with Gasteiger partial charge in [0.05, 0.1) is 6.10 Å². The van der Waals surface area contributed by atoms with Crippen molar-refractivity contribution in [1.29, 1.82) is 0 Å². The van der Waals surface area contributed by atoms with Gasteiger partial charge >= 0.3 is 0 Å². The number of hydrogen-bond donors (Lipinski definition) is 2. The molecule has 0 bridgehead atoms. The molecule has 1 amide bonds. The first-order valence-corrected chi connectivity index (χ1v) is 6.86. The SMILES string of the molecule is CC1CCN(C(=O)CC2CCCCN2)CC1O. The van der Waals surface area contributed by atoms with E-state index in [1.54, 1.807) is 0 Å². The Kier molecular flexibility index (Phi) is 4.40. The Morgan fingerprint density at radius 3 is 2.88 bits per heavy atom. The molecule has 0 spiro atoms. The lowest BCUT2D eigenvalue weighted by molar-refractivity contribution is -0.136. The third-order valence-electron chi connectivity index (χ3n) is 4.10. The highest BCUT2D eigenvalue weighted by molar-refractivity contribution is 5.77. The van der Waals surface area contributed by atoms with Crippen LogP contribution in [-0.2, 0) is 4.79 Å². The van der Waals surface area contributed by atoms with E-state index in [0.29, 0.717) is 24.9 Å². The van der Waals surface area contributed by atoms with Gasteiger partial charge in [-0.25, -0.2) is 0 Å². The zero-order valence-electron chi connectivity index (χ0n) is 10.7. The molecule has 2 fully saturated rings. The summed E-state index contributed by atoms with van der Waals surface area (Å²) < 4.78 is 0. The molecule has 2 saturated heterocycles. The van der Waals surface area contributed by atoms with Crippen LogP contribution in [0.25, 0.3) is 0 Å². The summed E-state index contributed by atoms with van der Waals surface area (Å²) in [6.45, 7) is 4.42. The van der Waals surface area contributed by atoms with Crippen molar-refractivity contribution in [3.05, 3.63) is 0 Å². The maximum atomic E-state index is 12.1. The first-order chi connectivity index (χ1) is 8.16. The number of aliphatic hydroxyl groups excluding tert-OH is 1. The molecule has 4 nitrogen and oxygen atoms in total. The molecule has 2 rings (SSSR count). The highest BCUT2D eigenvalue weighted by Crippen LogP contribution is 2.19. The van der Waals surface area contributed by atoms with Crippen LogP contribution in [0.1, 0.15) is 39.0 Å².